The van der Waals surface area contributed by atoms with E-state index in [0.29, 0.717) is 13.0 Å². The summed E-state index contributed by atoms with van der Waals surface area (Å²) in [5.74, 6) is 0.0802. The van der Waals surface area contributed by atoms with Crippen molar-refractivity contribution in [2.75, 3.05) is 6.61 Å². The zero-order valence-corrected chi connectivity index (χ0v) is 11.4. The number of hydrogen-bond acceptors (Lipinski definition) is 2. The highest BCUT2D eigenvalue weighted by molar-refractivity contribution is 5.91. The summed E-state index contributed by atoms with van der Waals surface area (Å²) in [5.41, 5.74) is 1.44. The fraction of sp³-hybridized carbons (Fsp3) is 0.353. The van der Waals surface area contributed by atoms with Gasteiger partial charge in [0.1, 0.15) is 5.82 Å². The SMILES string of the molecule is C=C(c1ccc(F)cc1)C1COC2(C)C=CC(=O)CC12. The van der Waals surface area contributed by atoms with E-state index < -0.39 is 0 Å². The van der Waals surface area contributed by atoms with Crippen LogP contribution in [0.2, 0.25) is 0 Å². The van der Waals surface area contributed by atoms with Crippen molar-refractivity contribution in [2.24, 2.45) is 11.8 Å². The summed E-state index contributed by atoms with van der Waals surface area (Å²) in [6, 6.07) is 6.32. The van der Waals surface area contributed by atoms with Gasteiger partial charge in [-0.1, -0.05) is 18.7 Å². The molecule has 0 saturated carbocycles. The zero-order chi connectivity index (χ0) is 14.3. The van der Waals surface area contributed by atoms with Gasteiger partial charge >= 0.3 is 0 Å². The van der Waals surface area contributed by atoms with Gasteiger partial charge in [0.2, 0.25) is 0 Å². The molecule has 0 bridgehead atoms. The molecule has 20 heavy (non-hydrogen) atoms. The Morgan fingerprint density at radius 2 is 2.10 bits per heavy atom. The number of ketones is 1. The summed E-state index contributed by atoms with van der Waals surface area (Å²) < 4.78 is 18.9. The summed E-state index contributed by atoms with van der Waals surface area (Å²) in [4.78, 5) is 11.7. The maximum Gasteiger partial charge on any atom is 0.155 e. The van der Waals surface area contributed by atoms with E-state index in [1.165, 1.54) is 12.1 Å². The smallest absolute Gasteiger partial charge is 0.155 e. The number of rotatable bonds is 2. The molecule has 1 aliphatic carbocycles. The van der Waals surface area contributed by atoms with Gasteiger partial charge in [-0.15, -0.1) is 0 Å². The minimum absolute atomic E-state index is 0.0966. The largest absolute Gasteiger partial charge is 0.370 e. The molecule has 0 N–H and O–H groups in total. The molecule has 2 nitrogen and oxygen atoms in total. The van der Waals surface area contributed by atoms with Crippen LogP contribution in [0.5, 0.6) is 0 Å². The van der Waals surface area contributed by atoms with E-state index >= 15 is 0 Å². The molecule has 3 rings (SSSR count). The van der Waals surface area contributed by atoms with E-state index in [1.54, 1.807) is 18.2 Å². The van der Waals surface area contributed by atoms with E-state index in [1.807, 2.05) is 13.0 Å². The molecule has 1 aliphatic heterocycles. The summed E-state index contributed by atoms with van der Waals surface area (Å²) >= 11 is 0. The van der Waals surface area contributed by atoms with Gasteiger partial charge in [0, 0.05) is 18.3 Å². The second kappa shape index (κ2) is 4.67. The molecule has 3 unspecified atom stereocenters. The quantitative estimate of drug-likeness (QED) is 0.825. The predicted molar refractivity (Wildman–Crippen MR) is 75.5 cm³/mol. The molecule has 0 aromatic heterocycles. The third kappa shape index (κ3) is 2.12. The van der Waals surface area contributed by atoms with Gasteiger partial charge in [-0.2, -0.15) is 0 Å². The van der Waals surface area contributed by atoms with Gasteiger partial charge < -0.3 is 4.74 Å². The Morgan fingerprint density at radius 3 is 2.80 bits per heavy atom. The standard InChI is InChI=1S/C17H17FO2/c1-11(12-3-5-13(18)6-4-12)15-10-20-17(2)8-7-14(19)9-16(15)17/h3-8,15-16H,1,9-10H2,2H3. The summed E-state index contributed by atoms with van der Waals surface area (Å²) in [6.45, 7) is 6.71. The van der Waals surface area contributed by atoms with Gasteiger partial charge in [-0.05, 0) is 42.3 Å². The Hall–Kier alpha value is -1.74. The number of allylic oxidation sites excluding steroid dienone is 1. The van der Waals surface area contributed by atoms with Crippen LogP contribution in [-0.2, 0) is 9.53 Å². The molecule has 0 amide bonds. The second-order valence-electron chi connectivity index (χ2n) is 5.74. The van der Waals surface area contributed by atoms with Crippen LogP contribution in [-0.4, -0.2) is 18.0 Å². The molecule has 0 radical (unpaired) electrons. The number of benzene rings is 1. The van der Waals surface area contributed by atoms with Crippen LogP contribution in [0.4, 0.5) is 4.39 Å². The van der Waals surface area contributed by atoms with Crippen molar-refractivity contribution >= 4 is 11.4 Å². The molecule has 1 heterocycles. The van der Waals surface area contributed by atoms with Crippen LogP contribution in [0, 0.1) is 17.7 Å². The first-order valence-electron chi connectivity index (χ1n) is 6.80. The molecule has 3 heteroatoms. The molecule has 0 spiro atoms. The summed E-state index contributed by atoms with van der Waals surface area (Å²) in [7, 11) is 0. The molecular formula is C17H17FO2. The topological polar surface area (TPSA) is 26.3 Å². The second-order valence-corrected chi connectivity index (χ2v) is 5.74. The highest BCUT2D eigenvalue weighted by Crippen LogP contribution is 2.46. The van der Waals surface area contributed by atoms with Crippen molar-refractivity contribution in [1.29, 1.82) is 0 Å². The van der Waals surface area contributed by atoms with Gasteiger partial charge in [0.05, 0.1) is 12.2 Å². The van der Waals surface area contributed by atoms with E-state index in [0.717, 1.165) is 11.1 Å². The first kappa shape index (κ1) is 13.3. The van der Waals surface area contributed by atoms with Crippen LogP contribution in [0.25, 0.3) is 5.57 Å². The van der Waals surface area contributed by atoms with Crippen molar-refractivity contribution < 1.29 is 13.9 Å². The lowest BCUT2D eigenvalue weighted by Crippen LogP contribution is -2.36. The fourth-order valence-corrected chi connectivity index (χ4v) is 3.17. The lowest BCUT2D eigenvalue weighted by atomic mass is 9.72. The number of ether oxygens (including phenoxy) is 1. The molecule has 2 aliphatic rings. The number of hydrogen-bond donors (Lipinski definition) is 0. The van der Waals surface area contributed by atoms with E-state index in [-0.39, 0.29) is 29.0 Å². The lowest BCUT2D eigenvalue weighted by Gasteiger charge is -2.32. The maximum absolute atomic E-state index is 13.0. The van der Waals surface area contributed by atoms with Crippen molar-refractivity contribution in [1.82, 2.24) is 0 Å². The van der Waals surface area contributed by atoms with E-state index in [4.69, 9.17) is 4.74 Å². The first-order chi connectivity index (χ1) is 9.49. The van der Waals surface area contributed by atoms with Crippen molar-refractivity contribution in [3.05, 3.63) is 54.4 Å². The van der Waals surface area contributed by atoms with E-state index in [9.17, 15) is 9.18 Å². The Kier molecular flexibility index (Phi) is 3.09. The van der Waals surface area contributed by atoms with Crippen LogP contribution < -0.4 is 0 Å². The van der Waals surface area contributed by atoms with Gasteiger partial charge in [0.15, 0.2) is 5.78 Å². The number of carbonyl (C=O) groups excluding carboxylic acids is 1. The van der Waals surface area contributed by atoms with Crippen LogP contribution in [0.15, 0.2) is 43.0 Å². The Morgan fingerprint density at radius 1 is 1.40 bits per heavy atom. The average Bonchev–Trinajstić information content (AvgIpc) is 2.76. The highest BCUT2D eigenvalue weighted by Gasteiger charge is 2.48. The fourth-order valence-electron chi connectivity index (χ4n) is 3.17. The zero-order valence-electron chi connectivity index (χ0n) is 11.4. The monoisotopic (exact) mass is 272 g/mol. The van der Waals surface area contributed by atoms with Gasteiger partial charge in [-0.3, -0.25) is 4.79 Å². The molecule has 1 aromatic carbocycles. The Balaban J connectivity index is 1.88. The molecule has 1 saturated heterocycles. The summed E-state index contributed by atoms with van der Waals surface area (Å²) in [6.07, 6.45) is 3.96. The highest BCUT2D eigenvalue weighted by atomic mass is 19.1. The third-order valence-electron chi connectivity index (χ3n) is 4.48. The number of halogens is 1. The van der Waals surface area contributed by atoms with Crippen LogP contribution in [0.1, 0.15) is 18.9 Å². The van der Waals surface area contributed by atoms with E-state index in [2.05, 4.69) is 6.58 Å². The minimum atomic E-state index is -0.387. The maximum atomic E-state index is 13.0. The van der Waals surface area contributed by atoms with Crippen molar-refractivity contribution in [3.63, 3.8) is 0 Å². The Labute approximate surface area is 117 Å². The molecule has 3 atom stereocenters. The summed E-state index contributed by atoms with van der Waals surface area (Å²) in [5, 5.41) is 0. The molecular weight excluding hydrogens is 255 g/mol. The molecule has 1 fully saturated rings. The molecule has 1 aromatic rings. The van der Waals surface area contributed by atoms with Gasteiger partial charge in [0.25, 0.3) is 0 Å². The number of carbonyl (C=O) groups is 1. The Bertz CT molecular complexity index is 588. The first-order valence-corrected chi connectivity index (χ1v) is 6.80. The third-order valence-corrected chi connectivity index (χ3v) is 4.48. The van der Waals surface area contributed by atoms with Crippen LogP contribution >= 0.6 is 0 Å². The van der Waals surface area contributed by atoms with Crippen molar-refractivity contribution in [3.8, 4) is 0 Å². The van der Waals surface area contributed by atoms with Gasteiger partial charge in [-0.25, -0.2) is 4.39 Å². The normalized spacial score (nSPS) is 32.2. The van der Waals surface area contributed by atoms with Crippen molar-refractivity contribution in [2.45, 2.75) is 18.9 Å². The lowest BCUT2D eigenvalue weighted by molar-refractivity contribution is -0.117. The average molecular weight is 272 g/mol. The molecule has 104 valence electrons. The minimum Gasteiger partial charge on any atom is -0.370 e. The number of fused-ring (bicyclic) bond motifs is 1. The predicted octanol–water partition coefficient (Wildman–Crippen LogP) is 3.39. The van der Waals surface area contributed by atoms with Crippen LogP contribution in [0.3, 0.4) is 0 Å².